The summed E-state index contributed by atoms with van der Waals surface area (Å²) in [6.45, 7) is 0. The second kappa shape index (κ2) is 6.87. The van der Waals surface area contributed by atoms with Gasteiger partial charge in [0.25, 0.3) is 0 Å². The molecule has 0 aliphatic heterocycles. The summed E-state index contributed by atoms with van der Waals surface area (Å²) in [4.78, 5) is 13.9. The number of aromatic nitrogens is 2. The molecule has 0 fully saturated rings. The molecule has 0 aliphatic rings. The molecule has 0 spiro atoms. The van der Waals surface area contributed by atoms with Gasteiger partial charge in [-0.05, 0) is 24.3 Å². The maximum Gasteiger partial charge on any atom is 0.247 e. The number of amides is 1. The molecule has 0 aliphatic carbocycles. The highest BCUT2D eigenvalue weighted by atomic mass is 16.4. The Morgan fingerprint density at radius 3 is 2.35 bits per heavy atom. The van der Waals surface area contributed by atoms with Crippen LogP contribution in [0.25, 0.3) is 11.5 Å². The van der Waals surface area contributed by atoms with E-state index in [9.17, 15) is 4.79 Å². The maximum atomic E-state index is 12.2. The van der Waals surface area contributed by atoms with Gasteiger partial charge >= 0.3 is 0 Å². The van der Waals surface area contributed by atoms with E-state index in [0.717, 1.165) is 11.3 Å². The third-order valence-corrected chi connectivity index (χ3v) is 3.56. The van der Waals surface area contributed by atoms with Gasteiger partial charge in [-0.25, -0.2) is 0 Å². The number of hydrogen-bond donors (Lipinski definition) is 0. The van der Waals surface area contributed by atoms with Crippen LogP contribution in [-0.2, 0) is 11.2 Å². The first-order valence-electron chi connectivity index (χ1n) is 7.43. The van der Waals surface area contributed by atoms with Crippen LogP contribution in [0.15, 0.2) is 65.1 Å². The first-order valence-corrected chi connectivity index (χ1v) is 7.43. The van der Waals surface area contributed by atoms with Gasteiger partial charge in [0.15, 0.2) is 0 Å². The minimum atomic E-state index is 0.00987. The lowest BCUT2D eigenvalue weighted by molar-refractivity contribution is -0.118. The molecule has 0 saturated carbocycles. The number of rotatable bonds is 5. The van der Waals surface area contributed by atoms with Crippen molar-refractivity contribution < 1.29 is 9.21 Å². The lowest BCUT2D eigenvalue weighted by atomic mass is 10.2. The summed E-state index contributed by atoms with van der Waals surface area (Å²) in [7, 11) is 1.76. The van der Waals surface area contributed by atoms with Crippen LogP contribution in [0.2, 0.25) is 0 Å². The van der Waals surface area contributed by atoms with Crippen molar-refractivity contribution in [1.82, 2.24) is 10.2 Å². The van der Waals surface area contributed by atoms with Gasteiger partial charge in [-0.15, -0.1) is 10.2 Å². The average molecular weight is 307 g/mol. The van der Waals surface area contributed by atoms with E-state index in [0.29, 0.717) is 24.6 Å². The topological polar surface area (TPSA) is 59.2 Å². The highest BCUT2D eigenvalue weighted by Gasteiger charge is 2.14. The Hall–Kier alpha value is -2.95. The predicted octanol–water partition coefficient (Wildman–Crippen LogP) is 3.33. The smallest absolute Gasteiger partial charge is 0.247 e. The fourth-order valence-electron chi connectivity index (χ4n) is 2.23. The van der Waals surface area contributed by atoms with E-state index in [-0.39, 0.29) is 5.91 Å². The molecule has 0 N–H and O–H groups in total. The Morgan fingerprint density at radius 2 is 1.65 bits per heavy atom. The molecule has 5 nitrogen and oxygen atoms in total. The fourth-order valence-corrected chi connectivity index (χ4v) is 2.23. The van der Waals surface area contributed by atoms with Gasteiger partial charge in [-0.2, -0.15) is 0 Å². The van der Waals surface area contributed by atoms with Gasteiger partial charge in [0.05, 0.1) is 0 Å². The van der Waals surface area contributed by atoms with Gasteiger partial charge in [0.2, 0.25) is 17.7 Å². The maximum absolute atomic E-state index is 12.2. The van der Waals surface area contributed by atoms with Crippen LogP contribution >= 0.6 is 0 Å². The van der Waals surface area contributed by atoms with E-state index >= 15 is 0 Å². The van der Waals surface area contributed by atoms with E-state index in [2.05, 4.69) is 10.2 Å². The Kier molecular flexibility index (Phi) is 4.47. The third-order valence-electron chi connectivity index (χ3n) is 3.56. The molecule has 0 unspecified atom stereocenters. The quantitative estimate of drug-likeness (QED) is 0.725. The molecule has 2 aromatic carbocycles. The zero-order valence-electron chi connectivity index (χ0n) is 12.8. The summed E-state index contributed by atoms with van der Waals surface area (Å²) in [6, 6.07) is 19.1. The standard InChI is InChI=1S/C18H17N3O2/c1-21(15-10-6-3-7-11-15)17(22)13-12-16-19-20-18(23-16)14-8-4-2-5-9-14/h2-11H,12-13H2,1H3. The van der Waals surface area contributed by atoms with Crippen LogP contribution < -0.4 is 4.90 Å². The Balaban J connectivity index is 1.61. The van der Waals surface area contributed by atoms with Crippen LogP contribution in [0.1, 0.15) is 12.3 Å². The van der Waals surface area contributed by atoms with Gasteiger partial charge < -0.3 is 9.32 Å². The zero-order valence-corrected chi connectivity index (χ0v) is 12.8. The minimum absolute atomic E-state index is 0.00987. The highest BCUT2D eigenvalue weighted by molar-refractivity contribution is 5.92. The van der Waals surface area contributed by atoms with Gasteiger partial charge in [-0.3, -0.25) is 4.79 Å². The predicted molar refractivity (Wildman–Crippen MR) is 87.9 cm³/mol. The molecule has 0 atom stereocenters. The SMILES string of the molecule is CN(C(=O)CCc1nnc(-c2ccccc2)o1)c1ccccc1. The fraction of sp³-hybridized carbons (Fsp3) is 0.167. The molecule has 0 saturated heterocycles. The van der Waals surface area contributed by atoms with Crippen LogP contribution in [0.4, 0.5) is 5.69 Å². The van der Waals surface area contributed by atoms with Gasteiger partial charge in [0, 0.05) is 31.1 Å². The molecule has 0 radical (unpaired) electrons. The summed E-state index contributed by atoms with van der Waals surface area (Å²) in [5.41, 5.74) is 1.74. The number of carbonyl (C=O) groups is 1. The third kappa shape index (κ3) is 3.63. The number of benzene rings is 2. The molecular formula is C18H17N3O2. The normalized spacial score (nSPS) is 10.5. The van der Waals surface area contributed by atoms with E-state index in [1.165, 1.54) is 0 Å². The van der Waals surface area contributed by atoms with Crippen LogP contribution in [0.5, 0.6) is 0 Å². The summed E-state index contributed by atoms with van der Waals surface area (Å²) in [6.07, 6.45) is 0.748. The Labute approximate surface area is 134 Å². The minimum Gasteiger partial charge on any atom is -0.421 e. The Bertz CT molecular complexity index is 769. The second-order valence-corrected chi connectivity index (χ2v) is 5.16. The highest BCUT2D eigenvalue weighted by Crippen LogP contribution is 2.18. The second-order valence-electron chi connectivity index (χ2n) is 5.16. The molecule has 3 rings (SSSR count). The zero-order chi connectivity index (χ0) is 16.1. The van der Waals surface area contributed by atoms with E-state index < -0.39 is 0 Å². The van der Waals surface area contributed by atoms with Crippen molar-refractivity contribution in [2.24, 2.45) is 0 Å². The summed E-state index contributed by atoms with van der Waals surface area (Å²) < 4.78 is 5.61. The summed E-state index contributed by atoms with van der Waals surface area (Å²) in [5.74, 6) is 0.957. The lowest BCUT2D eigenvalue weighted by Gasteiger charge is -2.16. The van der Waals surface area contributed by atoms with Crippen molar-refractivity contribution in [2.75, 3.05) is 11.9 Å². The molecule has 116 valence electrons. The number of nitrogens with zero attached hydrogens (tertiary/aromatic N) is 3. The van der Waals surface area contributed by atoms with Crippen LogP contribution in [0, 0.1) is 0 Å². The van der Waals surface area contributed by atoms with Gasteiger partial charge in [0.1, 0.15) is 0 Å². The summed E-state index contributed by atoms with van der Waals surface area (Å²) >= 11 is 0. The molecule has 3 aromatic rings. The molecule has 23 heavy (non-hydrogen) atoms. The van der Waals surface area contributed by atoms with Crippen molar-refractivity contribution in [3.63, 3.8) is 0 Å². The first-order chi connectivity index (χ1) is 11.2. The molecule has 0 bridgehead atoms. The number of hydrogen-bond acceptors (Lipinski definition) is 4. The van der Waals surface area contributed by atoms with Gasteiger partial charge in [-0.1, -0.05) is 36.4 Å². The lowest BCUT2D eigenvalue weighted by Crippen LogP contribution is -2.26. The number of para-hydroxylation sites is 1. The Morgan fingerprint density at radius 1 is 1.00 bits per heavy atom. The van der Waals surface area contributed by atoms with E-state index in [4.69, 9.17) is 4.42 Å². The van der Waals surface area contributed by atoms with E-state index in [1.54, 1.807) is 11.9 Å². The first kappa shape index (κ1) is 15.0. The van der Waals surface area contributed by atoms with Crippen LogP contribution in [-0.4, -0.2) is 23.2 Å². The largest absolute Gasteiger partial charge is 0.421 e. The van der Waals surface area contributed by atoms with Crippen molar-refractivity contribution in [3.05, 3.63) is 66.6 Å². The van der Waals surface area contributed by atoms with Crippen molar-refractivity contribution in [3.8, 4) is 11.5 Å². The van der Waals surface area contributed by atoms with Crippen molar-refractivity contribution in [1.29, 1.82) is 0 Å². The number of carbonyl (C=O) groups excluding carboxylic acids is 1. The van der Waals surface area contributed by atoms with Crippen LogP contribution in [0.3, 0.4) is 0 Å². The van der Waals surface area contributed by atoms with Crippen molar-refractivity contribution >= 4 is 11.6 Å². The molecule has 5 heteroatoms. The monoisotopic (exact) mass is 307 g/mol. The van der Waals surface area contributed by atoms with E-state index in [1.807, 2.05) is 60.7 Å². The number of anilines is 1. The number of aryl methyl sites for hydroxylation is 1. The molecule has 1 heterocycles. The van der Waals surface area contributed by atoms with Crippen molar-refractivity contribution in [2.45, 2.75) is 12.8 Å². The molecule has 1 amide bonds. The average Bonchev–Trinajstić information content (AvgIpc) is 3.09. The molecular weight excluding hydrogens is 290 g/mol. The summed E-state index contributed by atoms with van der Waals surface area (Å²) in [5, 5.41) is 8.04. The molecule has 1 aromatic heterocycles.